The number of carbonyl (C=O) groups is 1. The first-order chi connectivity index (χ1) is 13.1. The SMILES string of the molecule is COc1cccc(CN2C[C@@H]3C[C@@H](c4ccc(C)s4)N4CCC[C@@]34C2=O)c1. The van der Waals surface area contributed by atoms with E-state index < -0.39 is 0 Å². The molecule has 4 heterocycles. The molecule has 0 N–H and O–H groups in total. The number of methoxy groups -OCH3 is 1. The van der Waals surface area contributed by atoms with E-state index in [9.17, 15) is 4.79 Å². The van der Waals surface area contributed by atoms with Crippen molar-refractivity contribution in [3.8, 4) is 5.75 Å². The minimum absolute atomic E-state index is 0.249. The minimum Gasteiger partial charge on any atom is -0.497 e. The number of rotatable bonds is 4. The summed E-state index contributed by atoms with van der Waals surface area (Å²) in [5.41, 5.74) is 0.899. The Morgan fingerprint density at radius 3 is 2.96 bits per heavy atom. The summed E-state index contributed by atoms with van der Waals surface area (Å²) in [7, 11) is 1.69. The molecule has 142 valence electrons. The van der Waals surface area contributed by atoms with Crippen LogP contribution in [0.25, 0.3) is 0 Å². The molecule has 3 saturated heterocycles. The van der Waals surface area contributed by atoms with E-state index in [1.807, 2.05) is 29.5 Å². The lowest BCUT2D eigenvalue weighted by Gasteiger charge is -2.33. The van der Waals surface area contributed by atoms with Crippen LogP contribution in [-0.2, 0) is 11.3 Å². The van der Waals surface area contributed by atoms with Crippen LogP contribution in [0.5, 0.6) is 5.75 Å². The molecular formula is C22H26N2O2S. The normalized spacial score (nSPS) is 30.0. The van der Waals surface area contributed by atoms with Gasteiger partial charge in [0.2, 0.25) is 5.91 Å². The molecule has 4 nitrogen and oxygen atoms in total. The van der Waals surface area contributed by atoms with Crippen molar-refractivity contribution in [2.75, 3.05) is 20.2 Å². The van der Waals surface area contributed by atoms with Gasteiger partial charge in [0.05, 0.1) is 7.11 Å². The highest BCUT2D eigenvalue weighted by atomic mass is 32.1. The molecule has 0 unspecified atom stereocenters. The van der Waals surface area contributed by atoms with Gasteiger partial charge in [0.15, 0.2) is 0 Å². The fourth-order valence-corrected chi connectivity index (χ4v) is 6.61. The minimum atomic E-state index is -0.249. The van der Waals surface area contributed by atoms with E-state index in [2.05, 4.69) is 34.9 Å². The molecule has 5 rings (SSSR count). The molecule has 1 spiro atoms. The summed E-state index contributed by atoms with van der Waals surface area (Å²) in [6.07, 6.45) is 3.27. The smallest absolute Gasteiger partial charge is 0.243 e. The molecule has 0 saturated carbocycles. The summed E-state index contributed by atoms with van der Waals surface area (Å²) >= 11 is 1.90. The van der Waals surface area contributed by atoms with Crippen LogP contribution in [0.15, 0.2) is 36.4 Å². The van der Waals surface area contributed by atoms with Gasteiger partial charge in [-0.3, -0.25) is 9.69 Å². The summed E-state index contributed by atoms with van der Waals surface area (Å²) in [6, 6.07) is 13.0. The predicted molar refractivity (Wildman–Crippen MR) is 107 cm³/mol. The van der Waals surface area contributed by atoms with Gasteiger partial charge in [-0.1, -0.05) is 12.1 Å². The average molecular weight is 383 g/mol. The Bertz CT molecular complexity index is 879. The second-order valence-electron chi connectivity index (χ2n) is 8.16. The summed E-state index contributed by atoms with van der Waals surface area (Å²) in [5.74, 6) is 1.65. The first-order valence-corrected chi connectivity index (χ1v) is 10.7. The standard InChI is InChI=1S/C22H26N2O2S/c1-15-7-8-20(27-15)19-12-17-14-23(13-16-5-3-6-18(11-16)26-2)21(25)22(17)9-4-10-24(19)22/h3,5-8,11,17,19H,4,9-10,12-14H2,1-2H3/t17-,19-,22-/m0/s1. The Labute approximate surface area is 164 Å². The Hall–Kier alpha value is -1.85. The van der Waals surface area contributed by atoms with Crippen LogP contribution in [0.2, 0.25) is 0 Å². The van der Waals surface area contributed by atoms with E-state index in [4.69, 9.17) is 4.74 Å². The predicted octanol–water partition coefficient (Wildman–Crippen LogP) is 4.00. The summed E-state index contributed by atoms with van der Waals surface area (Å²) in [4.78, 5) is 21.0. The van der Waals surface area contributed by atoms with E-state index in [1.54, 1.807) is 7.11 Å². The van der Waals surface area contributed by atoms with E-state index in [0.717, 1.165) is 43.7 Å². The number of likely N-dealkylation sites (tertiary alicyclic amines) is 1. The van der Waals surface area contributed by atoms with Crippen molar-refractivity contribution in [2.24, 2.45) is 5.92 Å². The van der Waals surface area contributed by atoms with Crippen LogP contribution in [0, 0.1) is 12.8 Å². The van der Waals surface area contributed by atoms with Crippen LogP contribution >= 0.6 is 11.3 Å². The lowest BCUT2D eigenvalue weighted by atomic mass is 9.85. The van der Waals surface area contributed by atoms with Crippen LogP contribution in [0.3, 0.4) is 0 Å². The van der Waals surface area contributed by atoms with Gasteiger partial charge in [-0.15, -0.1) is 11.3 Å². The number of hydrogen-bond donors (Lipinski definition) is 0. The summed E-state index contributed by atoms with van der Waals surface area (Å²) in [6.45, 7) is 4.79. The maximum atomic E-state index is 13.6. The van der Waals surface area contributed by atoms with E-state index >= 15 is 0 Å². The third-order valence-electron chi connectivity index (χ3n) is 6.72. The van der Waals surface area contributed by atoms with Gasteiger partial charge in [-0.2, -0.15) is 0 Å². The Balaban J connectivity index is 1.41. The Kier molecular flexibility index (Phi) is 4.06. The highest BCUT2D eigenvalue weighted by molar-refractivity contribution is 7.12. The van der Waals surface area contributed by atoms with Gasteiger partial charge in [-0.25, -0.2) is 0 Å². The van der Waals surface area contributed by atoms with Crippen LogP contribution in [0.4, 0.5) is 0 Å². The topological polar surface area (TPSA) is 32.8 Å². The lowest BCUT2D eigenvalue weighted by molar-refractivity contribution is -0.137. The Morgan fingerprint density at radius 1 is 1.30 bits per heavy atom. The molecular weight excluding hydrogens is 356 g/mol. The number of carbonyl (C=O) groups excluding carboxylic acids is 1. The van der Waals surface area contributed by atoms with Crippen LogP contribution in [-0.4, -0.2) is 41.4 Å². The third kappa shape index (κ3) is 2.55. The van der Waals surface area contributed by atoms with E-state index in [1.165, 1.54) is 9.75 Å². The second kappa shape index (κ2) is 6.35. The number of thiophene rings is 1. The number of benzene rings is 1. The molecule has 1 aromatic carbocycles. The van der Waals surface area contributed by atoms with Gasteiger partial charge in [-0.05, 0) is 62.6 Å². The Morgan fingerprint density at radius 2 is 2.19 bits per heavy atom. The van der Waals surface area contributed by atoms with E-state index in [-0.39, 0.29) is 5.54 Å². The number of nitrogens with zero attached hydrogens (tertiary/aromatic N) is 2. The maximum Gasteiger partial charge on any atom is 0.243 e. The number of aryl methyl sites for hydroxylation is 1. The quantitative estimate of drug-likeness (QED) is 0.801. The zero-order valence-corrected chi connectivity index (χ0v) is 16.8. The van der Waals surface area contributed by atoms with E-state index in [0.29, 0.717) is 24.4 Å². The first kappa shape index (κ1) is 17.3. The molecule has 3 aliphatic rings. The fourth-order valence-electron chi connectivity index (χ4n) is 5.61. The molecule has 5 heteroatoms. The summed E-state index contributed by atoms with van der Waals surface area (Å²) in [5, 5.41) is 0. The summed E-state index contributed by atoms with van der Waals surface area (Å²) < 4.78 is 5.34. The van der Waals surface area contributed by atoms with Crippen molar-refractivity contribution in [3.05, 3.63) is 51.7 Å². The monoisotopic (exact) mass is 382 g/mol. The van der Waals surface area contributed by atoms with Crippen LogP contribution in [0.1, 0.15) is 40.6 Å². The van der Waals surface area contributed by atoms with Crippen molar-refractivity contribution in [1.29, 1.82) is 0 Å². The molecule has 0 radical (unpaired) electrons. The van der Waals surface area contributed by atoms with Crippen molar-refractivity contribution >= 4 is 17.2 Å². The molecule has 3 atom stereocenters. The maximum absolute atomic E-state index is 13.6. The van der Waals surface area contributed by atoms with Crippen LogP contribution < -0.4 is 4.74 Å². The van der Waals surface area contributed by atoms with Crippen molar-refractivity contribution in [2.45, 2.75) is 44.3 Å². The van der Waals surface area contributed by atoms with Crippen molar-refractivity contribution in [3.63, 3.8) is 0 Å². The van der Waals surface area contributed by atoms with Crippen molar-refractivity contribution in [1.82, 2.24) is 9.80 Å². The molecule has 2 aromatic rings. The molecule has 0 bridgehead atoms. The highest BCUT2D eigenvalue weighted by Crippen LogP contribution is 2.56. The van der Waals surface area contributed by atoms with Gasteiger partial charge in [0.25, 0.3) is 0 Å². The van der Waals surface area contributed by atoms with Gasteiger partial charge >= 0.3 is 0 Å². The molecule has 1 amide bonds. The molecule has 3 aliphatic heterocycles. The zero-order chi connectivity index (χ0) is 18.6. The van der Waals surface area contributed by atoms with Gasteiger partial charge < -0.3 is 9.64 Å². The highest BCUT2D eigenvalue weighted by Gasteiger charge is 2.65. The average Bonchev–Trinajstić information content (AvgIpc) is 3.40. The molecule has 1 aromatic heterocycles. The molecule has 0 aliphatic carbocycles. The third-order valence-corrected chi connectivity index (χ3v) is 7.83. The number of hydrogen-bond acceptors (Lipinski definition) is 4. The first-order valence-electron chi connectivity index (χ1n) is 9.87. The fraction of sp³-hybridized carbons (Fsp3) is 0.500. The largest absolute Gasteiger partial charge is 0.497 e. The lowest BCUT2D eigenvalue weighted by Crippen LogP contribution is -2.49. The van der Waals surface area contributed by atoms with Gasteiger partial charge in [0.1, 0.15) is 11.3 Å². The zero-order valence-electron chi connectivity index (χ0n) is 16.0. The molecule has 27 heavy (non-hydrogen) atoms. The van der Waals surface area contributed by atoms with Crippen molar-refractivity contribution < 1.29 is 9.53 Å². The van der Waals surface area contributed by atoms with Gasteiger partial charge in [0, 0.05) is 34.8 Å². The number of ether oxygens (including phenoxy) is 1. The molecule has 3 fully saturated rings. The number of amides is 1. The second-order valence-corrected chi connectivity index (χ2v) is 9.47.